The molecule has 3 aromatic rings. The second-order valence-corrected chi connectivity index (χ2v) is 7.52. The highest BCUT2D eigenvalue weighted by atomic mass is 32.1. The molecule has 5 heteroatoms. The quantitative estimate of drug-likeness (QED) is 0.706. The van der Waals surface area contributed by atoms with Gasteiger partial charge in [-0.3, -0.25) is 4.79 Å². The highest BCUT2D eigenvalue weighted by Gasteiger charge is 2.07. The van der Waals surface area contributed by atoms with Gasteiger partial charge < -0.3 is 10.2 Å². The first kappa shape index (κ1) is 17.6. The van der Waals surface area contributed by atoms with Crippen molar-refractivity contribution in [2.45, 2.75) is 25.9 Å². The maximum Gasteiger partial charge on any atom is 0.220 e. The van der Waals surface area contributed by atoms with Crippen molar-refractivity contribution in [2.75, 3.05) is 14.1 Å². The number of para-hydroxylation sites is 1. The summed E-state index contributed by atoms with van der Waals surface area (Å²) in [6, 6.07) is 16.5. The Morgan fingerprint density at radius 1 is 1.08 bits per heavy atom. The molecule has 0 spiro atoms. The molecule has 0 aliphatic rings. The number of rotatable bonds is 7. The monoisotopic (exact) mass is 353 g/mol. The van der Waals surface area contributed by atoms with E-state index in [1.54, 1.807) is 11.3 Å². The van der Waals surface area contributed by atoms with Gasteiger partial charge in [-0.15, -0.1) is 11.3 Å². The average Bonchev–Trinajstić information content (AvgIpc) is 3.02. The van der Waals surface area contributed by atoms with Gasteiger partial charge in [0.1, 0.15) is 0 Å². The summed E-state index contributed by atoms with van der Waals surface area (Å²) < 4.78 is 1.18. The Balaban J connectivity index is 1.46. The van der Waals surface area contributed by atoms with Crippen LogP contribution in [0.4, 0.5) is 0 Å². The lowest BCUT2D eigenvalue weighted by molar-refractivity contribution is -0.121. The van der Waals surface area contributed by atoms with Crippen LogP contribution in [0.3, 0.4) is 0 Å². The van der Waals surface area contributed by atoms with E-state index in [0.717, 1.165) is 22.6 Å². The Labute approximate surface area is 152 Å². The number of amides is 1. The Morgan fingerprint density at radius 3 is 2.52 bits per heavy atom. The molecule has 1 amide bonds. The third-order valence-corrected chi connectivity index (χ3v) is 5.01. The lowest BCUT2D eigenvalue weighted by Crippen LogP contribution is -2.23. The zero-order chi connectivity index (χ0) is 17.6. The molecule has 0 bridgehead atoms. The molecule has 130 valence electrons. The van der Waals surface area contributed by atoms with Gasteiger partial charge in [-0.05, 0) is 37.4 Å². The van der Waals surface area contributed by atoms with Crippen LogP contribution in [0, 0.1) is 0 Å². The van der Waals surface area contributed by atoms with Crippen molar-refractivity contribution in [1.29, 1.82) is 0 Å². The molecule has 0 saturated heterocycles. The van der Waals surface area contributed by atoms with Gasteiger partial charge in [0.05, 0.1) is 15.2 Å². The third-order valence-electron chi connectivity index (χ3n) is 3.92. The fraction of sp³-hybridized carbons (Fsp3) is 0.300. The van der Waals surface area contributed by atoms with Crippen LogP contribution in [-0.4, -0.2) is 29.9 Å². The van der Waals surface area contributed by atoms with Gasteiger partial charge in [-0.25, -0.2) is 4.98 Å². The number of carbonyl (C=O) groups is 1. The molecule has 0 saturated carbocycles. The Hall–Kier alpha value is -2.24. The van der Waals surface area contributed by atoms with E-state index in [9.17, 15) is 4.79 Å². The molecule has 2 aromatic carbocycles. The molecular weight excluding hydrogens is 330 g/mol. The average molecular weight is 353 g/mol. The number of carbonyl (C=O) groups excluding carboxylic acids is 1. The van der Waals surface area contributed by atoms with Crippen LogP contribution in [-0.2, 0) is 24.3 Å². The second kappa shape index (κ2) is 8.23. The molecule has 1 aromatic heterocycles. The van der Waals surface area contributed by atoms with Gasteiger partial charge in [-0.2, -0.15) is 0 Å². The molecule has 0 unspecified atom stereocenters. The van der Waals surface area contributed by atoms with Gasteiger partial charge in [-0.1, -0.05) is 36.4 Å². The molecule has 0 fully saturated rings. The van der Waals surface area contributed by atoms with Crippen LogP contribution in [0.1, 0.15) is 22.6 Å². The summed E-state index contributed by atoms with van der Waals surface area (Å²) in [5.74, 6) is 0.0663. The number of thiazole rings is 1. The molecule has 3 rings (SSSR count). The number of hydrogen-bond donors (Lipinski definition) is 1. The minimum absolute atomic E-state index is 0.0663. The van der Waals surface area contributed by atoms with E-state index in [4.69, 9.17) is 0 Å². The van der Waals surface area contributed by atoms with Gasteiger partial charge in [0.2, 0.25) is 5.91 Å². The molecule has 0 radical (unpaired) electrons. The van der Waals surface area contributed by atoms with Crippen molar-refractivity contribution < 1.29 is 4.79 Å². The maximum atomic E-state index is 12.1. The molecule has 0 atom stereocenters. The van der Waals surface area contributed by atoms with Gasteiger partial charge in [0, 0.05) is 25.9 Å². The number of nitrogens with zero attached hydrogens (tertiary/aromatic N) is 2. The van der Waals surface area contributed by atoms with E-state index in [0.29, 0.717) is 19.4 Å². The highest BCUT2D eigenvalue weighted by molar-refractivity contribution is 7.18. The summed E-state index contributed by atoms with van der Waals surface area (Å²) in [6.07, 6.45) is 1.16. The normalized spacial score (nSPS) is 11.2. The summed E-state index contributed by atoms with van der Waals surface area (Å²) in [6.45, 7) is 1.50. The second-order valence-electron chi connectivity index (χ2n) is 6.41. The van der Waals surface area contributed by atoms with Gasteiger partial charge in [0.15, 0.2) is 0 Å². The van der Waals surface area contributed by atoms with E-state index in [1.165, 1.54) is 10.3 Å². The fourth-order valence-electron chi connectivity index (χ4n) is 2.66. The van der Waals surface area contributed by atoms with E-state index < -0.39 is 0 Å². The van der Waals surface area contributed by atoms with Crippen LogP contribution in [0.5, 0.6) is 0 Å². The third kappa shape index (κ3) is 5.11. The van der Waals surface area contributed by atoms with Crippen molar-refractivity contribution >= 4 is 27.5 Å². The van der Waals surface area contributed by atoms with Crippen LogP contribution < -0.4 is 5.32 Å². The number of fused-ring (bicyclic) bond motifs is 1. The molecule has 0 aliphatic carbocycles. The highest BCUT2D eigenvalue weighted by Crippen LogP contribution is 2.22. The predicted octanol–water partition coefficient (Wildman–Crippen LogP) is 3.61. The van der Waals surface area contributed by atoms with Gasteiger partial charge in [0.25, 0.3) is 0 Å². The van der Waals surface area contributed by atoms with E-state index in [2.05, 4.69) is 59.6 Å². The van der Waals surface area contributed by atoms with Crippen LogP contribution in [0.25, 0.3) is 10.2 Å². The SMILES string of the molecule is CN(C)Cc1ccc(CNC(=O)CCc2nc3ccccc3s2)cc1. The Morgan fingerprint density at radius 2 is 1.80 bits per heavy atom. The maximum absolute atomic E-state index is 12.1. The van der Waals surface area contributed by atoms with Crippen molar-refractivity contribution in [3.8, 4) is 0 Å². The molecule has 0 aliphatic heterocycles. The molecule has 4 nitrogen and oxygen atoms in total. The number of benzene rings is 2. The molecule has 25 heavy (non-hydrogen) atoms. The topological polar surface area (TPSA) is 45.2 Å². The largest absolute Gasteiger partial charge is 0.352 e. The summed E-state index contributed by atoms with van der Waals surface area (Å²) in [5, 5.41) is 4.01. The summed E-state index contributed by atoms with van der Waals surface area (Å²) >= 11 is 1.67. The van der Waals surface area contributed by atoms with Crippen molar-refractivity contribution in [3.05, 3.63) is 64.7 Å². The smallest absolute Gasteiger partial charge is 0.220 e. The van der Waals surface area contributed by atoms with Crippen molar-refractivity contribution in [2.24, 2.45) is 0 Å². The first-order chi connectivity index (χ1) is 12.1. The Kier molecular flexibility index (Phi) is 5.79. The molecule has 1 N–H and O–H groups in total. The predicted molar refractivity (Wildman–Crippen MR) is 104 cm³/mol. The number of aryl methyl sites for hydroxylation is 1. The lowest BCUT2D eigenvalue weighted by atomic mass is 10.1. The van der Waals surface area contributed by atoms with Crippen molar-refractivity contribution in [1.82, 2.24) is 15.2 Å². The van der Waals surface area contributed by atoms with E-state index in [1.807, 2.05) is 18.2 Å². The van der Waals surface area contributed by atoms with Gasteiger partial charge >= 0.3 is 0 Å². The first-order valence-electron chi connectivity index (χ1n) is 8.44. The first-order valence-corrected chi connectivity index (χ1v) is 9.25. The summed E-state index contributed by atoms with van der Waals surface area (Å²) in [5.41, 5.74) is 3.41. The van der Waals surface area contributed by atoms with E-state index in [-0.39, 0.29) is 5.91 Å². The minimum atomic E-state index is 0.0663. The molecule has 1 heterocycles. The standard InChI is InChI=1S/C20H23N3OS/c1-23(2)14-16-9-7-15(8-10-16)13-21-19(24)11-12-20-22-17-5-3-4-6-18(17)25-20/h3-10H,11-14H2,1-2H3,(H,21,24). The summed E-state index contributed by atoms with van der Waals surface area (Å²) in [4.78, 5) is 18.8. The number of aromatic nitrogens is 1. The van der Waals surface area contributed by atoms with Crippen LogP contribution in [0.15, 0.2) is 48.5 Å². The zero-order valence-electron chi connectivity index (χ0n) is 14.7. The zero-order valence-corrected chi connectivity index (χ0v) is 15.5. The minimum Gasteiger partial charge on any atom is -0.352 e. The van der Waals surface area contributed by atoms with Crippen molar-refractivity contribution in [3.63, 3.8) is 0 Å². The number of nitrogens with one attached hydrogen (secondary N) is 1. The van der Waals surface area contributed by atoms with E-state index >= 15 is 0 Å². The summed E-state index contributed by atoms with van der Waals surface area (Å²) in [7, 11) is 4.11. The Bertz CT molecular complexity index is 807. The van der Waals surface area contributed by atoms with Crippen LogP contribution in [0.2, 0.25) is 0 Å². The lowest BCUT2D eigenvalue weighted by Gasteiger charge is -2.10. The number of hydrogen-bond acceptors (Lipinski definition) is 4. The molecular formula is C20H23N3OS. The fourth-order valence-corrected chi connectivity index (χ4v) is 3.63. The van der Waals surface area contributed by atoms with Crippen LogP contribution >= 0.6 is 11.3 Å².